The Labute approximate surface area is 127 Å². The first-order valence-electron chi connectivity index (χ1n) is 7.19. The lowest BCUT2D eigenvalue weighted by atomic mass is 9.97. The van der Waals surface area contributed by atoms with E-state index in [1.165, 1.54) is 37.8 Å². The number of fused-ring (bicyclic) bond motifs is 1. The van der Waals surface area contributed by atoms with Gasteiger partial charge in [-0.2, -0.15) is 0 Å². The Hall–Kier alpha value is -1.20. The third-order valence-electron chi connectivity index (χ3n) is 3.76. The molecule has 0 saturated heterocycles. The Morgan fingerprint density at radius 1 is 1.25 bits per heavy atom. The van der Waals surface area contributed by atoms with Crippen molar-refractivity contribution in [1.82, 2.24) is 19.7 Å². The first kappa shape index (κ1) is 13.8. The summed E-state index contributed by atoms with van der Waals surface area (Å²) in [4.78, 5) is 8.54. The standard InChI is InChI=1S/C15H19BrN4/c16-14-11-20-13(9-19-15(20)10-18-14)8-17-7-6-12-4-2-1-3-5-12/h4,9-11,17H,1-3,5-8H2. The molecule has 1 N–H and O–H groups in total. The minimum absolute atomic E-state index is 0.830. The average molecular weight is 335 g/mol. The zero-order valence-electron chi connectivity index (χ0n) is 11.5. The number of halogens is 1. The van der Waals surface area contributed by atoms with Gasteiger partial charge in [-0.1, -0.05) is 11.6 Å². The number of nitrogens with one attached hydrogen (secondary N) is 1. The van der Waals surface area contributed by atoms with Crippen molar-refractivity contribution in [3.8, 4) is 0 Å². The van der Waals surface area contributed by atoms with E-state index in [4.69, 9.17) is 0 Å². The van der Waals surface area contributed by atoms with Crippen molar-refractivity contribution < 1.29 is 0 Å². The summed E-state index contributed by atoms with van der Waals surface area (Å²) in [6.45, 7) is 1.87. The van der Waals surface area contributed by atoms with Crippen LogP contribution >= 0.6 is 15.9 Å². The smallest absolute Gasteiger partial charge is 0.155 e. The van der Waals surface area contributed by atoms with Gasteiger partial charge in [0.25, 0.3) is 0 Å². The molecule has 0 spiro atoms. The molecule has 0 atom stereocenters. The van der Waals surface area contributed by atoms with Crippen molar-refractivity contribution in [2.75, 3.05) is 6.54 Å². The normalized spacial score (nSPS) is 15.6. The van der Waals surface area contributed by atoms with Crippen LogP contribution in [-0.4, -0.2) is 20.9 Å². The van der Waals surface area contributed by atoms with Crippen LogP contribution in [-0.2, 0) is 6.54 Å². The van der Waals surface area contributed by atoms with Crippen LogP contribution < -0.4 is 5.32 Å². The number of aromatic nitrogens is 3. The van der Waals surface area contributed by atoms with Crippen LogP contribution in [0.4, 0.5) is 0 Å². The second-order valence-electron chi connectivity index (χ2n) is 5.22. The maximum atomic E-state index is 4.36. The SMILES string of the molecule is Brc1cn2c(CNCCC3=CCCCC3)cnc2cn1. The molecule has 2 aromatic heterocycles. The van der Waals surface area contributed by atoms with E-state index >= 15 is 0 Å². The highest BCUT2D eigenvalue weighted by molar-refractivity contribution is 9.10. The van der Waals surface area contributed by atoms with Crippen LogP contribution in [0.5, 0.6) is 0 Å². The van der Waals surface area contributed by atoms with Crippen molar-refractivity contribution in [2.45, 2.75) is 38.6 Å². The van der Waals surface area contributed by atoms with Gasteiger partial charge in [0, 0.05) is 12.7 Å². The monoisotopic (exact) mass is 334 g/mol. The maximum absolute atomic E-state index is 4.36. The van der Waals surface area contributed by atoms with E-state index in [2.05, 4.69) is 41.7 Å². The Kier molecular flexibility index (Phi) is 4.47. The fourth-order valence-corrected chi connectivity index (χ4v) is 2.95. The third kappa shape index (κ3) is 3.27. The summed E-state index contributed by atoms with van der Waals surface area (Å²) in [5.74, 6) is 0. The molecule has 1 aliphatic carbocycles. The second kappa shape index (κ2) is 6.50. The number of allylic oxidation sites excluding steroid dienone is 1. The summed E-state index contributed by atoms with van der Waals surface area (Å²) < 4.78 is 2.90. The molecule has 3 rings (SSSR count). The fraction of sp³-hybridized carbons (Fsp3) is 0.467. The molecule has 0 fully saturated rings. The first-order chi connectivity index (χ1) is 9.83. The highest BCUT2D eigenvalue weighted by Crippen LogP contribution is 2.19. The predicted octanol–water partition coefficient (Wildman–Crippen LogP) is 3.47. The number of rotatable bonds is 5. The zero-order valence-corrected chi connectivity index (χ0v) is 13.1. The van der Waals surface area contributed by atoms with E-state index in [9.17, 15) is 0 Å². The van der Waals surface area contributed by atoms with E-state index in [-0.39, 0.29) is 0 Å². The van der Waals surface area contributed by atoms with Gasteiger partial charge in [0.1, 0.15) is 4.60 Å². The highest BCUT2D eigenvalue weighted by atomic mass is 79.9. The van der Waals surface area contributed by atoms with Crippen LogP contribution in [0.3, 0.4) is 0 Å². The largest absolute Gasteiger partial charge is 0.311 e. The van der Waals surface area contributed by atoms with Gasteiger partial charge in [0.2, 0.25) is 0 Å². The van der Waals surface area contributed by atoms with Gasteiger partial charge in [-0.25, -0.2) is 9.97 Å². The number of hydrogen-bond acceptors (Lipinski definition) is 3. The summed E-state index contributed by atoms with van der Waals surface area (Å²) in [6, 6.07) is 0. The van der Waals surface area contributed by atoms with Gasteiger partial charge < -0.3 is 5.32 Å². The van der Waals surface area contributed by atoms with Gasteiger partial charge in [-0.3, -0.25) is 4.40 Å². The molecular formula is C15H19BrN4. The van der Waals surface area contributed by atoms with Crippen LogP contribution in [0.25, 0.3) is 5.65 Å². The Balaban J connectivity index is 1.54. The van der Waals surface area contributed by atoms with E-state index in [1.807, 2.05) is 12.4 Å². The second-order valence-corrected chi connectivity index (χ2v) is 6.04. The maximum Gasteiger partial charge on any atom is 0.155 e. The molecule has 0 amide bonds. The number of nitrogens with zero attached hydrogens (tertiary/aromatic N) is 3. The van der Waals surface area contributed by atoms with Gasteiger partial charge in [0.15, 0.2) is 5.65 Å². The molecule has 2 heterocycles. The highest BCUT2D eigenvalue weighted by Gasteiger charge is 2.05. The van der Waals surface area contributed by atoms with Crippen LogP contribution in [0.2, 0.25) is 0 Å². The van der Waals surface area contributed by atoms with Crippen LogP contribution in [0, 0.1) is 0 Å². The molecule has 1 aliphatic rings. The Bertz CT molecular complexity index is 617. The van der Waals surface area contributed by atoms with Crippen LogP contribution in [0.15, 0.2) is 34.8 Å². The number of imidazole rings is 1. The lowest BCUT2D eigenvalue weighted by molar-refractivity contribution is 0.626. The van der Waals surface area contributed by atoms with E-state index in [0.29, 0.717) is 0 Å². The molecule has 0 bridgehead atoms. The zero-order chi connectivity index (χ0) is 13.8. The first-order valence-corrected chi connectivity index (χ1v) is 7.98. The van der Waals surface area contributed by atoms with Crippen molar-refractivity contribution in [3.63, 3.8) is 0 Å². The minimum Gasteiger partial charge on any atom is -0.311 e. The van der Waals surface area contributed by atoms with Crippen LogP contribution in [0.1, 0.15) is 37.8 Å². The topological polar surface area (TPSA) is 42.2 Å². The summed E-state index contributed by atoms with van der Waals surface area (Å²) in [5.41, 5.74) is 3.68. The number of hydrogen-bond donors (Lipinski definition) is 1. The Morgan fingerprint density at radius 2 is 2.20 bits per heavy atom. The Morgan fingerprint density at radius 3 is 3.05 bits per heavy atom. The molecule has 2 aromatic rings. The molecule has 0 unspecified atom stereocenters. The van der Waals surface area contributed by atoms with E-state index in [1.54, 1.807) is 11.8 Å². The average Bonchev–Trinajstić information content (AvgIpc) is 2.87. The molecule has 106 valence electrons. The van der Waals surface area contributed by atoms with E-state index < -0.39 is 0 Å². The van der Waals surface area contributed by atoms with Crippen molar-refractivity contribution >= 4 is 21.6 Å². The molecule has 5 heteroatoms. The van der Waals surface area contributed by atoms with Gasteiger partial charge in [-0.05, 0) is 54.6 Å². The van der Waals surface area contributed by atoms with Crippen molar-refractivity contribution in [2.24, 2.45) is 0 Å². The molecule has 0 aliphatic heterocycles. The molecule has 20 heavy (non-hydrogen) atoms. The molecule has 0 radical (unpaired) electrons. The molecule has 0 saturated carbocycles. The third-order valence-corrected chi connectivity index (χ3v) is 4.16. The van der Waals surface area contributed by atoms with Gasteiger partial charge in [0.05, 0.1) is 18.1 Å². The summed E-state index contributed by atoms with van der Waals surface area (Å²) in [6.07, 6.45) is 14.5. The predicted molar refractivity (Wildman–Crippen MR) is 83.6 cm³/mol. The molecular weight excluding hydrogens is 316 g/mol. The van der Waals surface area contributed by atoms with Gasteiger partial charge >= 0.3 is 0 Å². The molecule has 0 aromatic carbocycles. The summed E-state index contributed by atoms with van der Waals surface area (Å²) >= 11 is 3.40. The lowest BCUT2D eigenvalue weighted by Gasteiger charge is -2.12. The minimum atomic E-state index is 0.830. The van der Waals surface area contributed by atoms with E-state index in [0.717, 1.165) is 23.3 Å². The fourth-order valence-electron chi connectivity index (χ4n) is 2.64. The van der Waals surface area contributed by atoms with Crippen molar-refractivity contribution in [3.05, 3.63) is 40.5 Å². The quantitative estimate of drug-likeness (QED) is 0.672. The molecule has 4 nitrogen and oxygen atoms in total. The lowest BCUT2D eigenvalue weighted by Crippen LogP contribution is -2.16. The summed E-state index contributed by atoms with van der Waals surface area (Å²) in [5, 5.41) is 3.51. The summed E-state index contributed by atoms with van der Waals surface area (Å²) in [7, 11) is 0. The van der Waals surface area contributed by atoms with Gasteiger partial charge in [-0.15, -0.1) is 0 Å². The van der Waals surface area contributed by atoms with Crippen molar-refractivity contribution in [1.29, 1.82) is 0 Å².